The molecule has 330 valence electrons. The number of halogens is 15. The second kappa shape index (κ2) is 13.6. The monoisotopic (exact) mass is 932 g/mol. The standard InChI is InChI=1S/C48H12BF15O3/c50-19-10-4-13-1-7-16-25-22(13)28(19)34(53)37(56)31(25)40(59)43(62)46(16)65-49(66-47-17-8-2-14-5-11-20(51)29-23(14)26(17)32(38(57)35(29)54)41(60)44(47)63)67-48-18-9-3-15-6-12-21(52)30-24(15)27(18)33(39(58)36(30)55)42(61)45(48)64/h1-12H. The summed E-state index contributed by atoms with van der Waals surface area (Å²) >= 11 is 0. The summed E-state index contributed by atoms with van der Waals surface area (Å²) in [6, 6.07) is 11.7. The van der Waals surface area contributed by atoms with Crippen LogP contribution in [0.4, 0.5) is 65.9 Å². The first kappa shape index (κ1) is 40.7. The number of hydrogen-bond acceptors (Lipinski definition) is 3. The van der Waals surface area contributed by atoms with Crippen molar-refractivity contribution in [1.82, 2.24) is 0 Å². The van der Waals surface area contributed by atoms with Crippen molar-refractivity contribution in [3.63, 3.8) is 0 Å². The van der Waals surface area contributed by atoms with Crippen molar-refractivity contribution in [1.29, 1.82) is 0 Å². The molecule has 0 radical (unpaired) electrons. The van der Waals surface area contributed by atoms with E-state index < -0.39 is 193 Å². The molecule has 0 aromatic heterocycles. The molecule has 12 aromatic carbocycles. The molecule has 12 rings (SSSR count). The Labute approximate surface area is 360 Å². The minimum absolute atomic E-state index is 0.0496. The van der Waals surface area contributed by atoms with E-state index >= 15 is 65.9 Å². The van der Waals surface area contributed by atoms with E-state index in [0.717, 1.165) is 72.8 Å². The molecule has 67 heavy (non-hydrogen) atoms. The lowest BCUT2D eigenvalue weighted by Gasteiger charge is -2.23. The average molecular weight is 932 g/mol. The fourth-order valence-electron chi connectivity index (χ4n) is 9.46. The van der Waals surface area contributed by atoms with Crippen LogP contribution in [0.2, 0.25) is 0 Å². The lowest BCUT2D eigenvalue weighted by Crippen LogP contribution is -2.38. The van der Waals surface area contributed by atoms with Crippen molar-refractivity contribution in [3.05, 3.63) is 160 Å². The van der Waals surface area contributed by atoms with Crippen LogP contribution < -0.4 is 14.0 Å². The van der Waals surface area contributed by atoms with Gasteiger partial charge in [-0.25, -0.2) is 52.7 Å². The molecule has 12 aromatic rings. The largest absolute Gasteiger partial charge is 0.864 e. The third-order valence-electron chi connectivity index (χ3n) is 12.3. The molecule has 0 N–H and O–H groups in total. The first-order chi connectivity index (χ1) is 32.0. The highest BCUT2D eigenvalue weighted by atomic mass is 19.2. The Morgan fingerprint density at radius 3 is 0.716 bits per heavy atom. The van der Waals surface area contributed by atoms with E-state index in [1.165, 1.54) is 0 Å². The highest BCUT2D eigenvalue weighted by Gasteiger charge is 2.41. The molecule has 19 heteroatoms. The molecule has 0 saturated carbocycles. The molecule has 0 unspecified atom stereocenters. The van der Waals surface area contributed by atoms with Crippen molar-refractivity contribution >= 4 is 104 Å². The molecular formula is C48H12BF15O3. The molecule has 0 heterocycles. The zero-order valence-corrected chi connectivity index (χ0v) is 32.4. The number of rotatable bonds is 6. The zero-order chi connectivity index (χ0) is 47.0. The molecule has 0 saturated heterocycles. The van der Waals surface area contributed by atoms with E-state index in [-0.39, 0.29) is 16.2 Å². The van der Waals surface area contributed by atoms with E-state index in [4.69, 9.17) is 14.0 Å². The topological polar surface area (TPSA) is 27.7 Å². The van der Waals surface area contributed by atoms with Gasteiger partial charge in [0.2, 0.25) is 0 Å². The van der Waals surface area contributed by atoms with Gasteiger partial charge in [-0.2, -0.15) is 13.2 Å². The molecule has 0 fully saturated rings. The summed E-state index contributed by atoms with van der Waals surface area (Å²) in [6.07, 6.45) is 0. The van der Waals surface area contributed by atoms with Gasteiger partial charge in [-0.1, -0.05) is 36.4 Å². The molecule has 3 nitrogen and oxygen atoms in total. The summed E-state index contributed by atoms with van der Waals surface area (Å²) in [5.74, 6) is -33.3. The van der Waals surface area contributed by atoms with Crippen LogP contribution in [0, 0.1) is 87.3 Å². The maximum Gasteiger partial charge on any atom is 0.864 e. The van der Waals surface area contributed by atoms with Gasteiger partial charge in [0, 0.05) is 48.5 Å². The number of benzene rings is 12. The summed E-state index contributed by atoms with van der Waals surface area (Å²) in [5.41, 5.74) is 0. The Morgan fingerprint density at radius 2 is 0.448 bits per heavy atom. The van der Waals surface area contributed by atoms with E-state index in [9.17, 15) is 0 Å². The van der Waals surface area contributed by atoms with Crippen LogP contribution >= 0.6 is 0 Å². The molecule has 0 spiro atoms. The predicted molar refractivity (Wildman–Crippen MR) is 217 cm³/mol. The maximum atomic E-state index is 16.5. The lowest BCUT2D eigenvalue weighted by molar-refractivity contribution is 0.287. The highest BCUT2D eigenvalue weighted by Crippen LogP contribution is 2.49. The minimum Gasteiger partial charge on any atom is -0.486 e. The Morgan fingerprint density at radius 1 is 0.224 bits per heavy atom. The Kier molecular flexibility index (Phi) is 8.27. The van der Waals surface area contributed by atoms with Gasteiger partial charge in [-0.05, 0) is 52.6 Å². The number of hydrogen-bond donors (Lipinski definition) is 0. The SMILES string of the molecule is Fc1c(OB(Oc2c(F)c(F)c3c(F)c(F)c4c(F)ccc5ccc2c3c54)Oc2c(F)c(F)c3c(F)c(F)c4c(F)ccc5ccc2c3c54)c2ccc3ccc(F)c4c(F)c(F)c(c1F)c2c34. The van der Waals surface area contributed by atoms with Crippen molar-refractivity contribution < 1.29 is 79.8 Å². The fourth-order valence-corrected chi connectivity index (χ4v) is 9.46. The smallest absolute Gasteiger partial charge is 0.486 e. The molecule has 0 aliphatic carbocycles. The van der Waals surface area contributed by atoms with E-state index in [1.54, 1.807) is 0 Å². The van der Waals surface area contributed by atoms with Gasteiger partial charge in [-0.3, -0.25) is 0 Å². The van der Waals surface area contributed by atoms with Gasteiger partial charge >= 0.3 is 7.32 Å². The summed E-state index contributed by atoms with van der Waals surface area (Å²) in [4.78, 5) is 0. The molecule has 0 aliphatic rings. The van der Waals surface area contributed by atoms with Crippen LogP contribution in [0.3, 0.4) is 0 Å². The van der Waals surface area contributed by atoms with Gasteiger partial charge in [0.25, 0.3) is 0 Å². The van der Waals surface area contributed by atoms with Gasteiger partial charge in [0.1, 0.15) is 17.5 Å². The first-order valence-electron chi connectivity index (χ1n) is 19.4. The van der Waals surface area contributed by atoms with Crippen molar-refractivity contribution in [2.45, 2.75) is 0 Å². The second-order valence-corrected chi connectivity index (χ2v) is 15.5. The highest BCUT2D eigenvalue weighted by molar-refractivity contribution is 6.41. The second-order valence-electron chi connectivity index (χ2n) is 15.5. The summed E-state index contributed by atoms with van der Waals surface area (Å²) in [5, 5.41) is -13.2. The third kappa shape index (κ3) is 5.08. The summed E-state index contributed by atoms with van der Waals surface area (Å²) in [6.45, 7) is 0. The van der Waals surface area contributed by atoms with E-state index in [0.29, 0.717) is 0 Å². The average Bonchev–Trinajstić information content (AvgIpc) is 3.31. The van der Waals surface area contributed by atoms with Gasteiger partial charge in [-0.15, -0.1) is 0 Å². The fraction of sp³-hybridized carbons (Fsp3) is 0. The van der Waals surface area contributed by atoms with Crippen molar-refractivity contribution in [2.75, 3.05) is 0 Å². The molecule has 0 aliphatic heterocycles. The van der Waals surface area contributed by atoms with E-state index in [1.807, 2.05) is 0 Å². The Balaban J connectivity index is 1.15. The maximum absolute atomic E-state index is 16.5. The van der Waals surface area contributed by atoms with Crippen molar-refractivity contribution in [2.24, 2.45) is 0 Å². The quantitative estimate of drug-likeness (QED) is 0.0945. The normalized spacial score (nSPS) is 12.4. The van der Waals surface area contributed by atoms with Crippen LogP contribution in [-0.2, 0) is 0 Å². The van der Waals surface area contributed by atoms with Crippen molar-refractivity contribution in [3.8, 4) is 17.2 Å². The zero-order valence-electron chi connectivity index (χ0n) is 32.4. The van der Waals surface area contributed by atoms with Gasteiger partial charge in [0.15, 0.2) is 87.1 Å². The van der Waals surface area contributed by atoms with Gasteiger partial charge < -0.3 is 14.0 Å². The minimum atomic E-state index is -3.11. The summed E-state index contributed by atoms with van der Waals surface area (Å²) < 4.78 is 254. The molecule has 0 amide bonds. The predicted octanol–water partition coefficient (Wildman–Crippen LogP) is 15.0. The van der Waals surface area contributed by atoms with Crippen LogP contribution in [0.15, 0.2) is 72.8 Å². The van der Waals surface area contributed by atoms with E-state index in [2.05, 4.69) is 0 Å². The van der Waals surface area contributed by atoms with Gasteiger partial charge in [0.05, 0.1) is 32.3 Å². The third-order valence-corrected chi connectivity index (χ3v) is 12.3. The molecular weight excluding hydrogens is 920 g/mol. The van der Waals surface area contributed by atoms with Crippen LogP contribution in [0.5, 0.6) is 17.2 Å². The van der Waals surface area contributed by atoms with Crippen LogP contribution in [0.1, 0.15) is 0 Å². The molecule has 0 bridgehead atoms. The first-order valence-corrected chi connectivity index (χ1v) is 19.4. The lowest BCUT2D eigenvalue weighted by atomic mass is 9.91. The van der Waals surface area contributed by atoms with Crippen LogP contribution in [-0.4, -0.2) is 7.32 Å². The van der Waals surface area contributed by atoms with Crippen LogP contribution in [0.25, 0.3) is 97.0 Å². The Hall–Kier alpha value is -7.83. The Bertz CT molecular complexity index is 3790. The molecule has 0 atom stereocenters. The summed E-state index contributed by atoms with van der Waals surface area (Å²) in [7, 11) is -3.11.